The quantitative estimate of drug-likeness (QED) is 0.804. The topological polar surface area (TPSA) is 66.4 Å². The summed E-state index contributed by atoms with van der Waals surface area (Å²) < 4.78 is 26.9. The Morgan fingerprint density at radius 2 is 2.11 bits per heavy atom. The fourth-order valence-corrected chi connectivity index (χ4v) is 4.07. The van der Waals surface area contributed by atoms with Crippen LogP contribution in [0.15, 0.2) is 16.3 Å². The average Bonchev–Trinajstić information content (AvgIpc) is 2.77. The van der Waals surface area contributed by atoms with Gasteiger partial charge in [-0.05, 0) is 32.2 Å². The summed E-state index contributed by atoms with van der Waals surface area (Å²) in [6.45, 7) is 4.41. The zero-order valence-corrected chi connectivity index (χ0v) is 13.2. The van der Waals surface area contributed by atoms with Gasteiger partial charge in [0.25, 0.3) is 0 Å². The van der Waals surface area contributed by atoms with Gasteiger partial charge in [-0.25, -0.2) is 13.1 Å². The molecule has 4 nitrogen and oxygen atoms in total. The number of rotatable bonds is 7. The van der Waals surface area contributed by atoms with E-state index in [-0.39, 0.29) is 11.4 Å². The Morgan fingerprint density at radius 1 is 1.44 bits per heavy atom. The molecular weight excluding hydrogens is 290 g/mol. The van der Waals surface area contributed by atoms with Gasteiger partial charge in [0.1, 0.15) is 4.21 Å². The van der Waals surface area contributed by atoms with Gasteiger partial charge in [0.05, 0.1) is 0 Å². The number of hydrogen-bond donors (Lipinski definition) is 2. The molecule has 0 bridgehead atoms. The third kappa shape index (κ3) is 4.55. The number of sulfonamides is 1. The number of aliphatic hydroxyl groups excluding tert-OH is 1. The van der Waals surface area contributed by atoms with E-state index < -0.39 is 10.0 Å². The van der Waals surface area contributed by atoms with Crippen LogP contribution in [-0.2, 0) is 16.4 Å². The van der Waals surface area contributed by atoms with Crippen LogP contribution in [0.5, 0.6) is 0 Å². The zero-order valence-electron chi connectivity index (χ0n) is 10.8. The van der Waals surface area contributed by atoms with Crippen LogP contribution < -0.4 is 4.72 Å². The van der Waals surface area contributed by atoms with Gasteiger partial charge in [-0.2, -0.15) is 11.8 Å². The van der Waals surface area contributed by atoms with E-state index >= 15 is 0 Å². The van der Waals surface area contributed by atoms with Gasteiger partial charge in [-0.1, -0.05) is 0 Å². The average molecular weight is 309 g/mol. The summed E-state index contributed by atoms with van der Waals surface area (Å²) >= 11 is 2.83. The van der Waals surface area contributed by atoms with Crippen LogP contribution in [0.4, 0.5) is 0 Å². The van der Waals surface area contributed by atoms with E-state index in [0.29, 0.717) is 17.2 Å². The first kappa shape index (κ1) is 16.0. The van der Waals surface area contributed by atoms with Gasteiger partial charge in [0, 0.05) is 29.2 Å². The molecule has 0 atom stereocenters. The number of hydrogen-bond acceptors (Lipinski definition) is 5. The molecule has 1 heterocycles. The first-order valence-corrected chi connectivity index (χ1v) is 9.07. The molecule has 0 amide bonds. The van der Waals surface area contributed by atoms with Gasteiger partial charge in [-0.15, -0.1) is 11.3 Å². The molecular formula is C11H19NO3S3. The molecule has 0 unspecified atom stereocenters. The maximum Gasteiger partial charge on any atom is 0.250 e. The van der Waals surface area contributed by atoms with Gasteiger partial charge in [-0.3, -0.25) is 0 Å². The second kappa shape index (κ2) is 6.38. The largest absolute Gasteiger partial charge is 0.396 e. The standard InChI is InChI=1S/C11H19NO3S3/c1-11(2,16-3)8-12-18(14,15)10-5-4-9(17-10)6-7-13/h4-5,12-13H,6-8H2,1-3H3. The predicted molar refractivity (Wildman–Crippen MR) is 77.9 cm³/mol. The molecule has 1 aromatic heterocycles. The number of nitrogens with one attached hydrogen (secondary N) is 1. The summed E-state index contributed by atoms with van der Waals surface area (Å²) in [5.41, 5.74) is 0. The highest BCUT2D eigenvalue weighted by Gasteiger charge is 2.22. The van der Waals surface area contributed by atoms with E-state index in [1.54, 1.807) is 23.9 Å². The number of thiophene rings is 1. The Labute approximate surface area is 117 Å². The highest BCUT2D eigenvalue weighted by atomic mass is 32.2. The Balaban J connectivity index is 2.74. The van der Waals surface area contributed by atoms with Crippen LogP contribution in [0.25, 0.3) is 0 Å². The number of thioether (sulfide) groups is 1. The summed E-state index contributed by atoms with van der Waals surface area (Å²) in [5, 5.41) is 8.81. The SMILES string of the molecule is CSC(C)(C)CNS(=O)(=O)c1ccc(CCO)s1. The van der Waals surface area contributed by atoms with Crippen LogP contribution in [0.2, 0.25) is 0 Å². The van der Waals surface area contributed by atoms with E-state index in [1.807, 2.05) is 20.1 Å². The molecule has 0 aliphatic carbocycles. The monoisotopic (exact) mass is 309 g/mol. The third-order valence-corrected chi connectivity index (χ3v) is 6.79. The van der Waals surface area contributed by atoms with Crippen molar-refractivity contribution in [3.63, 3.8) is 0 Å². The van der Waals surface area contributed by atoms with Crippen LogP contribution in [0, 0.1) is 0 Å². The lowest BCUT2D eigenvalue weighted by molar-refractivity contribution is 0.300. The van der Waals surface area contributed by atoms with Crippen molar-refractivity contribution in [2.24, 2.45) is 0 Å². The minimum atomic E-state index is -3.43. The van der Waals surface area contributed by atoms with Crippen LogP contribution in [0.1, 0.15) is 18.7 Å². The Hall–Kier alpha value is -0.0800. The molecule has 0 aromatic carbocycles. The molecule has 0 saturated heterocycles. The Kier molecular flexibility index (Phi) is 5.67. The first-order chi connectivity index (χ1) is 8.30. The van der Waals surface area contributed by atoms with Gasteiger partial charge >= 0.3 is 0 Å². The maximum atomic E-state index is 12.0. The van der Waals surface area contributed by atoms with Crippen LogP contribution >= 0.6 is 23.1 Å². The summed E-state index contributed by atoms with van der Waals surface area (Å²) in [4.78, 5) is 0.877. The van der Waals surface area contributed by atoms with Crippen LogP contribution in [-0.4, -0.2) is 37.7 Å². The highest BCUT2D eigenvalue weighted by molar-refractivity contribution is 8.00. The van der Waals surface area contributed by atoms with E-state index in [0.717, 1.165) is 4.88 Å². The van der Waals surface area contributed by atoms with Crippen molar-refractivity contribution in [1.29, 1.82) is 0 Å². The third-order valence-electron chi connectivity index (χ3n) is 2.50. The Bertz CT molecular complexity index is 479. The molecule has 1 aromatic rings. The van der Waals surface area contributed by atoms with Crippen molar-refractivity contribution < 1.29 is 13.5 Å². The van der Waals surface area contributed by atoms with E-state index in [2.05, 4.69) is 4.72 Å². The minimum absolute atomic E-state index is 0.0347. The summed E-state index contributed by atoms with van der Waals surface area (Å²) in [6, 6.07) is 3.33. The van der Waals surface area contributed by atoms with Crippen molar-refractivity contribution in [3.05, 3.63) is 17.0 Å². The van der Waals surface area contributed by atoms with E-state index in [9.17, 15) is 8.42 Å². The summed E-state index contributed by atoms with van der Waals surface area (Å²) in [6.07, 6.45) is 2.45. The first-order valence-electron chi connectivity index (χ1n) is 5.55. The van der Waals surface area contributed by atoms with Gasteiger partial charge in [0.2, 0.25) is 10.0 Å². The van der Waals surface area contributed by atoms with Gasteiger partial charge < -0.3 is 5.11 Å². The minimum Gasteiger partial charge on any atom is -0.396 e. The Morgan fingerprint density at radius 3 is 2.67 bits per heavy atom. The van der Waals surface area contributed by atoms with Crippen molar-refractivity contribution in [2.45, 2.75) is 29.2 Å². The predicted octanol–water partition coefficient (Wildman–Crippen LogP) is 1.70. The fourth-order valence-electron chi connectivity index (χ4n) is 1.16. The molecule has 104 valence electrons. The van der Waals surface area contributed by atoms with Crippen LogP contribution in [0.3, 0.4) is 0 Å². The molecule has 2 N–H and O–H groups in total. The molecule has 7 heteroatoms. The zero-order chi connectivity index (χ0) is 13.8. The molecule has 0 spiro atoms. The molecule has 18 heavy (non-hydrogen) atoms. The molecule has 0 radical (unpaired) electrons. The van der Waals surface area contributed by atoms with Crippen molar-refractivity contribution in [3.8, 4) is 0 Å². The summed E-state index contributed by atoms with van der Waals surface area (Å²) in [5.74, 6) is 0. The smallest absolute Gasteiger partial charge is 0.250 e. The molecule has 1 rings (SSSR count). The molecule has 0 fully saturated rings. The highest BCUT2D eigenvalue weighted by Crippen LogP contribution is 2.24. The lowest BCUT2D eigenvalue weighted by atomic mass is 10.2. The second-order valence-electron chi connectivity index (χ2n) is 4.48. The molecule has 0 aliphatic rings. The van der Waals surface area contributed by atoms with Crippen molar-refractivity contribution >= 4 is 33.1 Å². The van der Waals surface area contributed by atoms with Gasteiger partial charge in [0.15, 0.2) is 0 Å². The number of aliphatic hydroxyl groups is 1. The lowest BCUT2D eigenvalue weighted by Gasteiger charge is -2.21. The van der Waals surface area contributed by atoms with E-state index in [4.69, 9.17) is 5.11 Å². The normalized spacial score (nSPS) is 12.9. The molecule has 0 aliphatic heterocycles. The lowest BCUT2D eigenvalue weighted by Crippen LogP contribution is -2.35. The van der Waals surface area contributed by atoms with Crippen molar-refractivity contribution in [2.75, 3.05) is 19.4 Å². The fraction of sp³-hybridized carbons (Fsp3) is 0.636. The van der Waals surface area contributed by atoms with Crippen molar-refractivity contribution in [1.82, 2.24) is 4.72 Å². The maximum absolute atomic E-state index is 12.0. The molecule has 0 saturated carbocycles. The summed E-state index contributed by atoms with van der Waals surface area (Å²) in [7, 11) is -3.43. The van der Waals surface area contributed by atoms with E-state index in [1.165, 1.54) is 11.3 Å². The second-order valence-corrected chi connectivity index (χ2v) is 9.16.